The van der Waals surface area contributed by atoms with E-state index in [0.29, 0.717) is 12.2 Å². The molecule has 0 aliphatic carbocycles. The quantitative estimate of drug-likeness (QED) is 0.415. The second-order valence-corrected chi connectivity index (χ2v) is 11.4. The molecule has 4 heterocycles. The van der Waals surface area contributed by atoms with E-state index in [2.05, 4.69) is 39.6 Å². The van der Waals surface area contributed by atoms with Crippen molar-refractivity contribution in [1.29, 1.82) is 0 Å². The number of nitrogens with one attached hydrogen (secondary N) is 1. The van der Waals surface area contributed by atoms with Crippen LogP contribution in [0.25, 0.3) is 11.0 Å². The molecule has 0 spiro atoms. The van der Waals surface area contributed by atoms with E-state index in [0.717, 1.165) is 49.1 Å². The van der Waals surface area contributed by atoms with Gasteiger partial charge in [-0.05, 0) is 49.7 Å². The first-order valence-electron chi connectivity index (χ1n) is 12.3. The molecular formula is C27H29N5O3S. The average molecular weight is 504 g/mol. The van der Waals surface area contributed by atoms with Crippen molar-refractivity contribution < 1.29 is 13.5 Å². The minimum atomic E-state index is -3.75. The zero-order valence-corrected chi connectivity index (χ0v) is 20.7. The Bertz CT molecular complexity index is 1470. The van der Waals surface area contributed by atoms with Crippen molar-refractivity contribution in [2.24, 2.45) is 5.92 Å². The van der Waals surface area contributed by atoms with E-state index in [4.69, 9.17) is 0 Å². The van der Waals surface area contributed by atoms with Gasteiger partial charge in [0.15, 0.2) is 5.65 Å². The van der Waals surface area contributed by atoms with Crippen LogP contribution in [0.5, 0.6) is 0 Å². The van der Waals surface area contributed by atoms with Crippen molar-refractivity contribution in [3.63, 3.8) is 0 Å². The number of anilines is 1. The molecule has 36 heavy (non-hydrogen) atoms. The normalized spacial score (nSPS) is 18.2. The molecule has 6 rings (SSSR count). The SMILES string of the molecule is O=S(=O)(c1ccccc1)n1ccc2c3c(cnc21)NN(C(O)C1CCN(Cc2ccccc2)CC1)C3. The molecule has 0 bridgehead atoms. The lowest BCUT2D eigenvalue weighted by Crippen LogP contribution is -2.45. The Morgan fingerprint density at radius 3 is 2.42 bits per heavy atom. The highest BCUT2D eigenvalue weighted by molar-refractivity contribution is 7.90. The number of piperidine rings is 1. The summed E-state index contributed by atoms with van der Waals surface area (Å²) >= 11 is 0. The maximum absolute atomic E-state index is 13.2. The van der Waals surface area contributed by atoms with Crippen LogP contribution in [0.2, 0.25) is 0 Å². The Kier molecular flexibility index (Phi) is 6.00. The van der Waals surface area contributed by atoms with Gasteiger partial charge in [-0.2, -0.15) is 5.01 Å². The summed E-state index contributed by atoms with van der Waals surface area (Å²) < 4.78 is 27.6. The molecule has 0 saturated carbocycles. The number of aromatic nitrogens is 2. The Morgan fingerprint density at radius 2 is 1.69 bits per heavy atom. The first-order chi connectivity index (χ1) is 17.5. The Morgan fingerprint density at radius 1 is 1.00 bits per heavy atom. The van der Waals surface area contributed by atoms with Crippen LogP contribution in [-0.2, 0) is 23.1 Å². The van der Waals surface area contributed by atoms with Crippen molar-refractivity contribution in [2.45, 2.75) is 37.1 Å². The summed E-state index contributed by atoms with van der Waals surface area (Å²) in [4.78, 5) is 7.13. The van der Waals surface area contributed by atoms with Crippen LogP contribution in [0.4, 0.5) is 5.69 Å². The van der Waals surface area contributed by atoms with Crippen molar-refractivity contribution >= 4 is 26.7 Å². The van der Waals surface area contributed by atoms with Crippen LogP contribution in [0, 0.1) is 5.92 Å². The largest absolute Gasteiger partial charge is 0.376 e. The highest BCUT2D eigenvalue weighted by Gasteiger charge is 2.34. The number of aliphatic hydroxyl groups excluding tert-OH is 1. The molecule has 186 valence electrons. The molecule has 2 aliphatic heterocycles. The second-order valence-electron chi connectivity index (χ2n) is 9.57. The molecule has 2 aromatic heterocycles. The number of rotatable bonds is 6. The second kappa shape index (κ2) is 9.33. The molecule has 2 aliphatic rings. The Balaban J connectivity index is 1.16. The van der Waals surface area contributed by atoms with E-state index >= 15 is 0 Å². The summed E-state index contributed by atoms with van der Waals surface area (Å²) in [6, 6.07) is 20.6. The van der Waals surface area contributed by atoms with Crippen LogP contribution in [0.1, 0.15) is 24.0 Å². The van der Waals surface area contributed by atoms with Gasteiger partial charge in [0.05, 0.1) is 16.8 Å². The van der Waals surface area contributed by atoms with Gasteiger partial charge < -0.3 is 10.5 Å². The predicted molar refractivity (Wildman–Crippen MR) is 138 cm³/mol. The number of hydrogen-bond donors (Lipinski definition) is 2. The first kappa shape index (κ1) is 23.2. The lowest BCUT2D eigenvalue weighted by molar-refractivity contribution is -0.0460. The van der Waals surface area contributed by atoms with Crippen molar-refractivity contribution in [2.75, 3.05) is 18.5 Å². The summed E-state index contributed by atoms with van der Waals surface area (Å²) in [5.74, 6) is 0.158. The fraction of sp³-hybridized carbons (Fsp3) is 0.296. The van der Waals surface area contributed by atoms with Crippen molar-refractivity contribution in [3.8, 4) is 0 Å². The van der Waals surface area contributed by atoms with Crippen LogP contribution in [0.15, 0.2) is 84.0 Å². The molecular weight excluding hydrogens is 474 g/mol. The van der Waals surface area contributed by atoms with E-state index in [1.54, 1.807) is 48.8 Å². The summed E-state index contributed by atoms with van der Waals surface area (Å²) in [5, 5.41) is 13.8. The number of fused-ring (bicyclic) bond motifs is 3. The van der Waals surface area contributed by atoms with Gasteiger partial charge in [0.25, 0.3) is 10.0 Å². The number of pyridine rings is 1. The van der Waals surface area contributed by atoms with Gasteiger partial charge in [-0.3, -0.25) is 4.90 Å². The maximum Gasteiger partial charge on any atom is 0.269 e. The topological polar surface area (TPSA) is 90.7 Å². The third kappa shape index (κ3) is 4.18. The lowest BCUT2D eigenvalue weighted by Gasteiger charge is -2.37. The summed E-state index contributed by atoms with van der Waals surface area (Å²) in [7, 11) is -3.75. The smallest absolute Gasteiger partial charge is 0.269 e. The number of hydrogen-bond acceptors (Lipinski definition) is 7. The van der Waals surface area contributed by atoms with Crippen LogP contribution < -0.4 is 5.43 Å². The van der Waals surface area contributed by atoms with E-state index in [1.807, 2.05) is 11.1 Å². The summed E-state index contributed by atoms with van der Waals surface area (Å²) in [6.45, 7) is 3.31. The molecule has 0 amide bonds. The third-order valence-electron chi connectivity index (χ3n) is 7.31. The van der Waals surface area contributed by atoms with Crippen molar-refractivity contribution in [3.05, 3.63) is 90.3 Å². The van der Waals surface area contributed by atoms with Gasteiger partial charge in [-0.1, -0.05) is 48.5 Å². The Hall–Kier alpha value is -3.24. The number of aliphatic hydroxyl groups is 1. The minimum Gasteiger partial charge on any atom is -0.376 e. The van der Waals surface area contributed by atoms with Crippen molar-refractivity contribution in [1.82, 2.24) is 18.9 Å². The van der Waals surface area contributed by atoms with Gasteiger partial charge in [0.1, 0.15) is 6.23 Å². The first-order valence-corrected chi connectivity index (χ1v) is 13.7. The van der Waals surface area contributed by atoms with Crippen LogP contribution in [-0.4, -0.2) is 51.7 Å². The monoisotopic (exact) mass is 503 g/mol. The molecule has 1 unspecified atom stereocenters. The average Bonchev–Trinajstić information content (AvgIpc) is 3.55. The lowest BCUT2D eigenvalue weighted by atomic mass is 9.94. The molecule has 1 saturated heterocycles. The number of likely N-dealkylation sites (tertiary alicyclic amines) is 1. The Labute approximate surface area is 210 Å². The molecule has 8 nitrogen and oxygen atoms in total. The fourth-order valence-electron chi connectivity index (χ4n) is 5.31. The molecule has 4 aromatic rings. The number of hydrazine groups is 1. The molecule has 1 fully saturated rings. The van der Waals surface area contributed by atoms with Gasteiger partial charge in [0, 0.05) is 36.2 Å². The highest BCUT2D eigenvalue weighted by Crippen LogP contribution is 2.35. The zero-order chi connectivity index (χ0) is 24.7. The standard InChI is InChI=1S/C27H29N5O3S/c33-27(21-11-14-30(15-12-21)18-20-7-3-1-4-8-20)31-19-24-23-13-16-32(26(23)28-17-25(24)29-31)36(34,35)22-9-5-2-6-10-22/h1-10,13,16-17,21,27,29,33H,11-12,14-15,18-19H2. The van der Waals surface area contributed by atoms with Crippen LogP contribution >= 0.6 is 0 Å². The van der Waals surface area contributed by atoms with Gasteiger partial charge >= 0.3 is 0 Å². The van der Waals surface area contributed by atoms with Gasteiger partial charge in [-0.15, -0.1) is 0 Å². The third-order valence-corrected chi connectivity index (χ3v) is 8.99. The minimum absolute atomic E-state index is 0.158. The molecule has 9 heteroatoms. The van der Waals surface area contributed by atoms with Gasteiger partial charge in [-0.25, -0.2) is 17.4 Å². The van der Waals surface area contributed by atoms with E-state index in [1.165, 1.54) is 9.54 Å². The molecule has 2 N–H and O–H groups in total. The highest BCUT2D eigenvalue weighted by atomic mass is 32.2. The molecule has 1 atom stereocenters. The van der Waals surface area contributed by atoms with E-state index in [9.17, 15) is 13.5 Å². The zero-order valence-electron chi connectivity index (χ0n) is 19.9. The van der Waals surface area contributed by atoms with E-state index < -0.39 is 16.3 Å². The van der Waals surface area contributed by atoms with Gasteiger partial charge in [0.2, 0.25) is 0 Å². The van der Waals surface area contributed by atoms with E-state index in [-0.39, 0.29) is 10.8 Å². The molecule has 2 aromatic carbocycles. The van der Waals surface area contributed by atoms with Crippen LogP contribution in [0.3, 0.4) is 0 Å². The maximum atomic E-state index is 13.2. The summed E-state index contributed by atoms with van der Waals surface area (Å²) in [6.07, 6.45) is 4.41. The number of benzene rings is 2. The molecule has 0 radical (unpaired) electrons. The summed E-state index contributed by atoms with van der Waals surface area (Å²) in [5.41, 5.74) is 6.76. The fourth-order valence-corrected chi connectivity index (χ4v) is 6.64. The predicted octanol–water partition coefficient (Wildman–Crippen LogP) is 3.65. The number of nitrogens with zero attached hydrogens (tertiary/aromatic N) is 4.